The Labute approximate surface area is 178 Å². The summed E-state index contributed by atoms with van der Waals surface area (Å²) in [6.45, 7) is 8.50. The van der Waals surface area contributed by atoms with Crippen LogP contribution >= 0.6 is 0 Å². The minimum absolute atomic E-state index is 0.224. The average molecular weight is 417 g/mol. The van der Waals surface area contributed by atoms with Crippen molar-refractivity contribution in [2.75, 3.05) is 25.9 Å². The van der Waals surface area contributed by atoms with Gasteiger partial charge < -0.3 is 9.57 Å². The first-order chi connectivity index (χ1) is 14.5. The molecular formula is C22H32N4O4. The van der Waals surface area contributed by atoms with Gasteiger partial charge in [-0.3, -0.25) is 4.84 Å². The number of oxime groups is 1. The van der Waals surface area contributed by atoms with E-state index in [9.17, 15) is 4.79 Å². The summed E-state index contributed by atoms with van der Waals surface area (Å²) in [5.41, 5.74) is 3.64. The number of benzene rings is 1. The Balaban J connectivity index is 2.44. The lowest BCUT2D eigenvalue weighted by Gasteiger charge is -2.20. The van der Waals surface area contributed by atoms with E-state index in [2.05, 4.69) is 29.2 Å². The van der Waals surface area contributed by atoms with Crippen LogP contribution < -0.4 is 5.06 Å². The topological polar surface area (TPSA) is 85.1 Å². The lowest BCUT2D eigenvalue weighted by Crippen LogP contribution is -2.30. The van der Waals surface area contributed by atoms with Gasteiger partial charge in [-0.05, 0) is 39.2 Å². The van der Waals surface area contributed by atoms with Crippen molar-refractivity contribution in [3.63, 3.8) is 0 Å². The standard InChI is InChI=1S/C22H32N4O4/c1-7-15(3)20(25-30-8-2)21(17-13-14-17)24-23-16(4)18-11-9-10-12-19(18)26(29-6)22(27)28-5/h9-12,15,17H,7-8,13-14H2,1-6H3/b23-16+,24-21+,25-20+. The number of nitrogens with zero attached hydrogens (tertiary/aromatic N) is 4. The number of rotatable bonds is 10. The molecule has 1 aliphatic carbocycles. The third-order valence-corrected chi connectivity index (χ3v) is 4.94. The van der Waals surface area contributed by atoms with Crippen LogP contribution in [0.1, 0.15) is 52.5 Å². The van der Waals surface area contributed by atoms with E-state index in [1.165, 1.54) is 14.2 Å². The van der Waals surface area contributed by atoms with Gasteiger partial charge in [0.15, 0.2) is 0 Å². The molecule has 0 N–H and O–H groups in total. The molecule has 1 aromatic carbocycles. The van der Waals surface area contributed by atoms with Gasteiger partial charge in [-0.15, -0.1) is 0 Å². The summed E-state index contributed by atoms with van der Waals surface area (Å²) in [4.78, 5) is 22.6. The van der Waals surface area contributed by atoms with E-state index in [1.807, 2.05) is 32.0 Å². The molecule has 0 radical (unpaired) electrons. The molecule has 1 fully saturated rings. The maximum Gasteiger partial charge on any atom is 0.438 e. The summed E-state index contributed by atoms with van der Waals surface area (Å²) >= 11 is 0. The van der Waals surface area contributed by atoms with Gasteiger partial charge in [-0.1, -0.05) is 37.2 Å². The van der Waals surface area contributed by atoms with E-state index in [0.717, 1.165) is 41.3 Å². The van der Waals surface area contributed by atoms with Gasteiger partial charge >= 0.3 is 6.09 Å². The summed E-state index contributed by atoms with van der Waals surface area (Å²) in [6, 6.07) is 7.31. The number of carbonyl (C=O) groups excluding carboxylic acids is 1. The number of para-hydroxylation sites is 1. The first-order valence-electron chi connectivity index (χ1n) is 10.3. The van der Waals surface area contributed by atoms with Crippen molar-refractivity contribution in [2.45, 2.75) is 47.0 Å². The Kier molecular flexibility index (Phi) is 8.98. The molecule has 1 unspecified atom stereocenters. The van der Waals surface area contributed by atoms with Gasteiger partial charge in [0.2, 0.25) is 0 Å². The maximum atomic E-state index is 12.1. The van der Waals surface area contributed by atoms with Gasteiger partial charge in [0.05, 0.1) is 31.3 Å². The van der Waals surface area contributed by atoms with Gasteiger partial charge in [0.1, 0.15) is 12.3 Å². The van der Waals surface area contributed by atoms with Crippen LogP contribution in [-0.2, 0) is 14.4 Å². The van der Waals surface area contributed by atoms with Crippen molar-refractivity contribution >= 4 is 28.9 Å². The second-order valence-corrected chi connectivity index (χ2v) is 7.11. The summed E-state index contributed by atoms with van der Waals surface area (Å²) in [5, 5.41) is 14.5. The molecule has 1 amide bonds. The Bertz CT molecular complexity index is 815. The van der Waals surface area contributed by atoms with Crippen molar-refractivity contribution in [1.29, 1.82) is 0 Å². The van der Waals surface area contributed by atoms with Crippen molar-refractivity contribution < 1.29 is 19.2 Å². The number of ether oxygens (including phenoxy) is 1. The van der Waals surface area contributed by atoms with E-state index >= 15 is 0 Å². The second kappa shape index (κ2) is 11.4. The monoisotopic (exact) mass is 416 g/mol. The molecular weight excluding hydrogens is 384 g/mol. The number of hydroxylamine groups is 1. The van der Waals surface area contributed by atoms with Crippen LogP contribution in [0.15, 0.2) is 39.6 Å². The molecule has 30 heavy (non-hydrogen) atoms. The van der Waals surface area contributed by atoms with Crippen molar-refractivity contribution in [3.8, 4) is 0 Å². The summed E-state index contributed by atoms with van der Waals surface area (Å²) in [6.07, 6.45) is 2.46. The molecule has 164 valence electrons. The van der Waals surface area contributed by atoms with Crippen LogP contribution in [-0.4, -0.2) is 44.1 Å². The lowest BCUT2D eigenvalue weighted by molar-refractivity contribution is 0.115. The van der Waals surface area contributed by atoms with Crippen LogP contribution in [0.5, 0.6) is 0 Å². The number of methoxy groups -OCH3 is 1. The molecule has 1 saturated carbocycles. The highest BCUT2D eigenvalue weighted by Crippen LogP contribution is 2.33. The van der Waals surface area contributed by atoms with Crippen molar-refractivity contribution in [1.82, 2.24) is 0 Å². The van der Waals surface area contributed by atoms with E-state index in [1.54, 1.807) is 6.07 Å². The minimum Gasteiger partial charge on any atom is -0.451 e. The largest absolute Gasteiger partial charge is 0.451 e. The molecule has 1 atom stereocenters. The molecule has 0 heterocycles. The number of amides is 1. The molecule has 0 aliphatic heterocycles. The Morgan fingerprint density at radius 1 is 1.20 bits per heavy atom. The molecule has 0 aromatic heterocycles. The molecule has 0 saturated heterocycles. The van der Waals surface area contributed by atoms with Crippen molar-refractivity contribution in [3.05, 3.63) is 29.8 Å². The number of anilines is 1. The lowest BCUT2D eigenvalue weighted by atomic mass is 9.96. The smallest absolute Gasteiger partial charge is 0.438 e. The van der Waals surface area contributed by atoms with Gasteiger partial charge in [-0.25, -0.2) is 4.79 Å². The van der Waals surface area contributed by atoms with Gasteiger partial charge in [-0.2, -0.15) is 15.3 Å². The van der Waals surface area contributed by atoms with E-state index in [0.29, 0.717) is 23.9 Å². The van der Waals surface area contributed by atoms with E-state index in [-0.39, 0.29) is 5.92 Å². The zero-order valence-electron chi connectivity index (χ0n) is 18.7. The molecule has 0 bridgehead atoms. The predicted molar refractivity (Wildman–Crippen MR) is 119 cm³/mol. The number of carbonyl (C=O) groups is 1. The highest BCUT2D eigenvalue weighted by molar-refractivity contribution is 6.44. The fraction of sp³-hybridized carbons (Fsp3) is 0.545. The SMILES string of the molecule is CCO/N=C(/C(=N/N=C(\C)c1ccccc1N(OC)C(=O)OC)C1CC1)C(C)CC. The molecule has 0 spiro atoms. The van der Waals surface area contributed by atoms with Gasteiger partial charge in [0, 0.05) is 17.4 Å². The van der Waals surface area contributed by atoms with Crippen LogP contribution in [0.25, 0.3) is 0 Å². The zero-order valence-corrected chi connectivity index (χ0v) is 18.7. The third kappa shape index (κ3) is 5.89. The molecule has 2 rings (SSSR count). The van der Waals surface area contributed by atoms with E-state index < -0.39 is 6.09 Å². The predicted octanol–water partition coefficient (Wildman–Crippen LogP) is 4.83. The van der Waals surface area contributed by atoms with E-state index in [4.69, 9.17) is 14.4 Å². The minimum atomic E-state index is -0.622. The molecule has 8 nitrogen and oxygen atoms in total. The Morgan fingerprint density at radius 2 is 1.90 bits per heavy atom. The number of hydrogen-bond donors (Lipinski definition) is 0. The first kappa shape index (κ1) is 23.5. The summed E-state index contributed by atoms with van der Waals surface area (Å²) in [5.74, 6) is 0.581. The zero-order chi connectivity index (χ0) is 22.1. The average Bonchev–Trinajstić information content (AvgIpc) is 3.61. The maximum absolute atomic E-state index is 12.1. The highest BCUT2D eigenvalue weighted by atomic mass is 16.7. The van der Waals surface area contributed by atoms with Crippen LogP contribution in [0.2, 0.25) is 0 Å². The van der Waals surface area contributed by atoms with Crippen LogP contribution in [0, 0.1) is 11.8 Å². The normalized spacial score (nSPS) is 16.3. The fourth-order valence-corrected chi connectivity index (χ4v) is 2.91. The molecule has 1 aliphatic rings. The summed E-state index contributed by atoms with van der Waals surface area (Å²) in [7, 11) is 2.71. The Morgan fingerprint density at radius 3 is 2.47 bits per heavy atom. The molecule has 8 heteroatoms. The second-order valence-electron chi connectivity index (χ2n) is 7.11. The van der Waals surface area contributed by atoms with Crippen molar-refractivity contribution in [2.24, 2.45) is 27.2 Å². The Hall–Kier alpha value is -2.74. The fourth-order valence-electron chi connectivity index (χ4n) is 2.91. The highest BCUT2D eigenvalue weighted by Gasteiger charge is 2.33. The third-order valence-electron chi connectivity index (χ3n) is 4.94. The quantitative estimate of drug-likeness (QED) is 0.404. The number of hydrogen-bond acceptors (Lipinski definition) is 7. The van der Waals surface area contributed by atoms with Gasteiger partial charge in [0.25, 0.3) is 0 Å². The first-order valence-corrected chi connectivity index (χ1v) is 10.3. The summed E-state index contributed by atoms with van der Waals surface area (Å²) < 4.78 is 4.80. The van der Waals surface area contributed by atoms with Crippen LogP contribution in [0.4, 0.5) is 10.5 Å². The van der Waals surface area contributed by atoms with Crippen LogP contribution in [0.3, 0.4) is 0 Å². The molecule has 1 aromatic rings.